The zero-order valence-electron chi connectivity index (χ0n) is 22.0. The van der Waals surface area contributed by atoms with E-state index in [1.807, 2.05) is 4.90 Å². The number of phenols is 1. The van der Waals surface area contributed by atoms with Crippen molar-refractivity contribution >= 4 is 11.7 Å². The van der Waals surface area contributed by atoms with E-state index in [9.17, 15) is 19.4 Å². The van der Waals surface area contributed by atoms with Crippen LogP contribution in [0.1, 0.15) is 24.0 Å². The number of ether oxygens (including phenoxy) is 1. The van der Waals surface area contributed by atoms with Crippen molar-refractivity contribution < 1.29 is 24.1 Å². The third-order valence-corrected chi connectivity index (χ3v) is 6.69. The van der Waals surface area contributed by atoms with Crippen LogP contribution in [0.3, 0.4) is 0 Å². The van der Waals surface area contributed by atoms with Gasteiger partial charge in [-0.3, -0.25) is 0 Å². The molecule has 208 valence electrons. The number of urea groups is 1. The molecular formula is C30H37FN4O4. The molecule has 1 saturated heterocycles. The summed E-state index contributed by atoms with van der Waals surface area (Å²) in [5, 5.41) is 29.1. The number of amides is 2. The van der Waals surface area contributed by atoms with Gasteiger partial charge in [0.05, 0.1) is 0 Å². The smallest absolute Gasteiger partial charge is 0.317 e. The fourth-order valence-corrected chi connectivity index (χ4v) is 4.46. The van der Waals surface area contributed by atoms with Crippen LogP contribution in [0.2, 0.25) is 0 Å². The average Bonchev–Trinajstić information content (AvgIpc) is 2.95. The van der Waals surface area contributed by atoms with Gasteiger partial charge in [-0.05, 0) is 85.5 Å². The van der Waals surface area contributed by atoms with Crippen LogP contribution in [0.4, 0.5) is 14.9 Å². The number of carbonyl (C=O) groups is 1. The number of rotatable bonds is 12. The number of piperidine rings is 1. The number of aromatic hydroxyl groups is 1. The third kappa shape index (κ3) is 9.46. The summed E-state index contributed by atoms with van der Waals surface area (Å²) in [5.74, 6) is 0.480. The van der Waals surface area contributed by atoms with E-state index in [1.165, 1.54) is 17.7 Å². The van der Waals surface area contributed by atoms with Crippen molar-refractivity contribution in [1.82, 2.24) is 15.5 Å². The molecule has 3 aromatic rings. The number of phenolic OH excluding ortho intramolecular Hbond substituents is 1. The lowest BCUT2D eigenvalue weighted by molar-refractivity contribution is 0.106. The first kappa shape index (κ1) is 28.2. The fourth-order valence-electron chi connectivity index (χ4n) is 4.46. The number of anilines is 1. The van der Waals surface area contributed by atoms with Crippen molar-refractivity contribution in [3.8, 4) is 11.5 Å². The van der Waals surface area contributed by atoms with Crippen LogP contribution in [0.25, 0.3) is 0 Å². The first-order chi connectivity index (χ1) is 18.9. The normalized spacial score (nSPS) is 14.6. The van der Waals surface area contributed by atoms with E-state index in [0.29, 0.717) is 38.0 Å². The molecule has 5 N–H and O–H groups in total. The molecule has 0 saturated carbocycles. The van der Waals surface area contributed by atoms with Gasteiger partial charge in [0, 0.05) is 37.9 Å². The van der Waals surface area contributed by atoms with E-state index in [-0.39, 0.29) is 24.2 Å². The van der Waals surface area contributed by atoms with Crippen LogP contribution >= 0.6 is 0 Å². The molecule has 1 aliphatic heterocycles. The average molecular weight is 537 g/mol. The highest BCUT2D eigenvalue weighted by molar-refractivity contribution is 5.74. The summed E-state index contributed by atoms with van der Waals surface area (Å²) >= 11 is 0. The van der Waals surface area contributed by atoms with E-state index in [1.54, 1.807) is 36.4 Å². The number of carbonyl (C=O) groups excluding carboxylic acids is 1. The van der Waals surface area contributed by atoms with Crippen LogP contribution in [0.5, 0.6) is 11.5 Å². The molecule has 1 heterocycles. The Kier molecular flexibility index (Phi) is 10.4. The zero-order valence-corrected chi connectivity index (χ0v) is 22.0. The number of halogens is 1. The topological polar surface area (TPSA) is 106 Å². The minimum absolute atomic E-state index is 0.118. The zero-order chi connectivity index (χ0) is 27.5. The molecular weight excluding hydrogens is 499 g/mol. The molecule has 4 rings (SSSR count). The highest BCUT2D eigenvalue weighted by Gasteiger charge is 2.22. The van der Waals surface area contributed by atoms with Crippen molar-refractivity contribution in [3.05, 3.63) is 89.7 Å². The largest absolute Gasteiger partial charge is 0.508 e. The molecule has 0 spiro atoms. The number of likely N-dealkylation sites (tertiary alicyclic amines) is 1. The molecule has 0 bridgehead atoms. The van der Waals surface area contributed by atoms with Crippen LogP contribution in [-0.2, 0) is 13.0 Å². The van der Waals surface area contributed by atoms with E-state index >= 15 is 0 Å². The summed E-state index contributed by atoms with van der Waals surface area (Å²) < 4.78 is 18.8. The van der Waals surface area contributed by atoms with Gasteiger partial charge in [-0.1, -0.05) is 24.3 Å². The molecule has 3 aromatic carbocycles. The van der Waals surface area contributed by atoms with Crippen molar-refractivity contribution in [2.75, 3.05) is 38.1 Å². The Hall–Kier alpha value is -3.82. The van der Waals surface area contributed by atoms with Gasteiger partial charge >= 0.3 is 6.03 Å². The molecule has 2 amide bonds. The Morgan fingerprint density at radius 3 is 2.49 bits per heavy atom. The van der Waals surface area contributed by atoms with Gasteiger partial charge in [-0.2, -0.15) is 0 Å². The SMILES string of the molecule is O=C(NCc1cccc(F)c1)N1CCC(Nc2ccc(CCNCC(O)COc3ccc(O)cc3)cc2)CC1. The maximum absolute atomic E-state index is 13.3. The molecule has 39 heavy (non-hydrogen) atoms. The number of aliphatic hydroxyl groups excluding tert-OH is 1. The van der Waals surface area contributed by atoms with Gasteiger partial charge < -0.3 is 35.8 Å². The first-order valence-electron chi connectivity index (χ1n) is 13.4. The predicted molar refractivity (Wildman–Crippen MR) is 149 cm³/mol. The minimum Gasteiger partial charge on any atom is -0.508 e. The van der Waals surface area contributed by atoms with Gasteiger partial charge in [0.25, 0.3) is 0 Å². The lowest BCUT2D eigenvalue weighted by Gasteiger charge is -2.33. The number of hydrogen-bond acceptors (Lipinski definition) is 6. The Labute approximate surface area is 228 Å². The van der Waals surface area contributed by atoms with Gasteiger partial charge in [0.15, 0.2) is 0 Å². The van der Waals surface area contributed by atoms with Gasteiger partial charge in [-0.15, -0.1) is 0 Å². The van der Waals surface area contributed by atoms with Gasteiger partial charge in [-0.25, -0.2) is 9.18 Å². The van der Waals surface area contributed by atoms with Crippen molar-refractivity contribution in [2.45, 2.75) is 38.0 Å². The highest BCUT2D eigenvalue weighted by atomic mass is 19.1. The first-order valence-corrected chi connectivity index (χ1v) is 13.4. The Bertz CT molecular complexity index is 1170. The number of benzene rings is 3. The van der Waals surface area contributed by atoms with Gasteiger partial charge in [0.2, 0.25) is 0 Å². The van der Waals surface area contributed by atoms with Crippen molar-refractivity contribution in [3.63, 3.8) is 0 Å². The van der Waals surface area contributed by atoms with Crippen LogP contribution in [0, 0.1) is 5.82 Å². The maximum atomic E-state index is 13.3. The molecule has 1 atom stereocenters. The molecule has 0 aromatic heterocycles. The fraction of sp³-hybridized carbons (Fsp3) is 0.367. The van der Waals surface area contributed by atoms with E-state index in [4.69, 9.17) is 4.74 Å². The molecule has 0 radical (unpaired) electrons. The van der Waals surface area contributed by atoms with Gasteiger partial charge in [0.1, 0.15) is 30.0 Å². The summed E-state index contributed by atoms with van der Waals surface area (Å²) in [7, 11) is 0. The standard InChI is InChI=1S/C30H37FN4O4/c31-24-3-1-2-23(18-24)19-33-30(38)35-16-13-26(14-17-35)34-25-6-4-22(5-7-25)12-15-32-20-28(37)21-39-29-10-8-27(36)9-11-29/h1-11,18,26,28,32,34,36-37H,12-17,19-21H2,(H,33,38). The number of hydrogen-bond donors (Lipinski definition) is 5. The summed E-state index contributed by atoms with van der Waals surface area (Å²) in [4.78, 5) is 14.3. The minimum atomic E-state index is -0.628. The molecule has 1 fully saturated rings. The lowest BCUT2D eigenvalue weighted by atomic mass is 10.0. The summed E-state index contributed by atoms with van der Waals surface area (Å²) in [6.45, 7) is 3.00. The second kappa shape index (κ2) is 14.4. The van der Waals surface area contributed by atoms with Crippen molar-refractivity contribution in [2.24, 2.45) is 0 Å². The second-order valence-corrected chi connectivity index (χ2v) is 9.80. The highest BCUT2D eigenvalue weighted by Crippen LogP contribution is 2.18. The quantitative estimate of drug-likeness (QED) is 0.225. The molecule has 9 heteroatoms. The summed E-state index contributed by atoms with van der Waals surface area (Å²) in [5.41, 5.74) is 3.00. The second-order valence-electron chi connectivity index (χ2n) is 9.80. The lowest BCUT2D eigenvalue weighted by Crippen LogP contribution is -2.46. The third-order valence-electron chi connectivity index (χ3n) is 6.69. The maximum Gasteiger partial charge on any atom is 0.317 e. The van der Waals surface area contributed by atoms with E-state index in [0.717, 1.165) is 37.1 Å². The number of nitrogens with zero attached hydrogens (tertiary/aromatic N) is 1. The Balaban J connectivity index is 1.08. The monoisotopic (exact) mass is 536 g/mol. The van der Waals surface area contributed by atoms with Crippen LogP contribution in [0.15, 0.2) is 72.8 Å². The molecule has 1 unspecified atom stereocenters. The predicted octanol–water partition coefficient (Wildman–Crippen LogP) is 3.89. The summed E-state index contributed by atoms with van der Waals surface area (Å²) in [6.07, 6.45) is 1.93. The Morgan fingerprint density at radius 1 is 1.03 bits per heavy atom. The number of aliphatic hydroxyl groups is 1. The molecule has 1 aliphatic rings. The molecule has 0 aliphatic carbocycles. The van der Waals surface area contributed by atoms with E-state index in [2.05, 4.69) is 40.2 Å². The van der Waals surface area contributed by atoms with E-state index < -0.39 is 6.10 Å². The van der Waals surface area contributed by atoms with Crippen LogP contribution < -0.4 is 20.7 Å². The summed E-state index contributed by atoms with van der Waals surface area (Å²) in [6, 6.07) is 21.2. The Morgan fingerprint density at radius 2 is 1.77 bits per heavy atom. The molecule has 8 nitrogen and oxygen atoms in total. The number of nitrogens with one attached hydrogen (secondary N) is 3. The van der Waals surface area contributed by atoms with Crippen molar-refractivity contribution in [1.29, 1.82) is 0 Å². The van der Waals surface area contributed by atoms with Crippen LogP contribution in [-0.4, -0.2) is 66.1 Å².